The molecule has 184 valence electrons. The van der Waals surface area contributed by atoms with Crippen LogP contribution >= 0.6 is 0 Å². The third-order valence-corrected chi connectivity index (χ3v) is 8.23. The van der Waals surface area contributed by atoms with Crippen LogP contribution in [0, 0.1) is 0 Å². The van der Waals surface area contributed by atoms with Crippen LogP contribution in [0.2, 0.25) is 0 Å². The number of hydrogen-bond donors (Lipinski definition) is 1. The molecule has 2 aliphatic rings. The van der Waals surface area contributed by atoms with E-state index < -0.39 is 10.2 Å². The average Bonchev–Trinajstić information content (AvgIpc) is 2.81. The molecule has 1 amide bonds. The second kappa shape index (κ2) is 11.0. The number of piperazine rings is 1. The van der Waals surface area contributed by atoms with E-state index in [-0.39, 0.29) is 24.7 Å². The standard InChI is InChI=1S/C25H34N4O4S/c1-20-17-29(18-21(2)33-20)34(31,32)28-14-12-27(13-15-28)19-25(30)26-24-11-7-6-10-23(24)16-22-8-4-3-5-9-22/h3-11,20-21H,12-19H2,1-2H3,(H,26,30). The second-order valence-electron chi connectivity index (χ2n) is 9.12. The van der Waals surface area contributed by atoms with Crippen molar-refractivity contribution < 1.29 is 17.9 Å². The number of ether oxygens (including phenoxy) is 1. The first kappa shape index (κ1) is 24.8. The van der Waals surface area contributed by atoms with Crippen molar-refractivity contribution in [2.75, 3.05) is 51.1 Å². The molecule has 2 aromatic rings. The van der Waals surface area contributed by atoms with Crippen LogP contribution < -0.4 is 5.32 Å². The zero-order valence-electron chi connectivity index (χ0n) is 19.9. The van der Waals surface area contributed by atoms with Crippen molar-refractivity contribution in [1.82, 2.24) is 13.5 Å². The Morgan fingerprint density at radius 3 is 2.21 bits per heavy atom. The molecule has 1 N–H and O–H groups in total. The summed E-state index contributed by atoms with van der Waals surface area (Å²) in [4.78, 5) is 14.8. The summed E-state index contributed by atoms with van der Waals surface area (Å²) in [7, 11) is -3.53. The highest BCUT2D eigenvalue weighted by atomic mass is 32.2. The van der Waals surface area contributed by atoms with Crippen molar-refractivity contribution in [2.24, 2.45) is 0 Å². The molecule has 4 rings (SSSR count). The van der Waals surface area contributed by atoms with Gasteiger partial charge in [0.25, 0.3) is 10.2 Å². The van der Waals surface area contributed by atoms with Gasteiger partial charge in [-0.05, 0) is 37.5 Å². The highest BCUT2D eigenvalue weighted by Crippen LogP contribution is 2.21. The number of nitrogens with one attached hydrogen (secondary N) is 1. The van der Waals surface area contributed by atoms with Crippen LogP contribution in [0.3, 0.4) is 0 Å². The average molecular weight is 487 g/mol. The van der Waals surface area contributed by atoms with E-state index in [1.165, 1.54) is 14.2 Å². The Hall–Kier alpha value is -2.30. The van der Waals surface area contributed by atoms with E-state index in [4.69, 9.17) is 4.74 Å². The molecule has 2 aliphatic heterocycles. The maximum Gasteiger partial charge on any atom is 0.282 e. The lowest BCUT2D eigenvalue weighted by Crippen LogP contribution is -2.57. The third-order valence-electron chi connectivity index (χ3n) is 6.27. The van der Waals surface area contributed by atoms with E-state index >= 15 is 0 Å². The monoisotopic (exact) mass is 486 g/mol. The molecule has 34 heavy (non-hydrogen) atoms. The largest absolute Gasteiger partial charge is 0.373 e. The van der Waals surface area contributed by atoms with Crippen molar-refractivity contribution in [3.05, 3.63) is 65.7 Å². The van der Waals surface area contributed by atoms with Crippen molar-refractivity contribution in [1.29, 1.82) is 0 Å². The van der Waals surface area contributed by atoms with Gasteiger partial charge in [-0.3, -0.25) is 9.69 Å². The van der Waals surface area contributed by atoms with E-state index in [0.717, 1.165) is 17.7 Å². The van der Waals surface area contributed by atoms with E-state index in [0.29, 0.717) is 39.3 Å². The predicted octanol–water partition coefficient (Wildman–Crippen LogP) is 2.19. The zero-order chi connectivity index (χ0) is 24.1. The Kier molecular flexibility index (Phi) is 8.00. The van der Waals surface area contributed by atoms with Gasteiger partial charge in [-0.25, -0.2) is 0 Å². The molecule has 0 aromatic heterocycles. The van der Waals surface area contributed by atoms with Crippen LogP contribution in [0.15, 0.2) is 54.6 Å². The molecule has 0 saturated carbocycles. The van der Waals surface area contributed by atoms with Gasteiger partial charge < -0.3 is 10.1 Å². The molecule has 8 nitrogen and oxygen atoms in total. The molecule has 2 aromatic carbocycles. The van der Waals surface area contributed by atoms with Crippen LogP contribution in [0.5, 0.6) is 0 Å². The Morgan fingerprint density at radius 2 is 1.53 bits per heavy atom. The predicted molar refractivity (Wildman–Crippen MR) is 133 cm³/mol. The fraction of sp³-hybridized carbons (Fsp3) is 0.480. The molecule has 0 bridgehead atoms. The van der Waals surface area contributed by atoms with Gasteiger partial charge in [-0.2, -0.15) is 17.0 Å². The summed E-state index contributed by atoms with van der Waals surface area (Å²) in [5.41, 5.74) is 3.06. The lowest BCUT2D eigenvalue weighted by Gasteiger charge is -2.40. The molecule has 0 aliphatic carbocycles. The lowest BCUT2D eigenvalue weighted by atomic mass is 10.0. The van der Waals surface area contributed by atoms with Crippen molar-refractivity contribution in [3.8, 4) is 0 Å². The number of hydrogen-bond acceptors (Lipinski definition) is 5. The third kappa shape index (κ3) is 6.22. The van der Waals surface area contributed by atoms with Gasteiger partial charge in [-0.1, -0.05) is 48.5 Å². The first-order chi connectivity index (χ1) is 16.3. The number of carbonyl (C=O) groups excluding carboxylic acids is 1. The van der Waals surface area contributed by atoms with Crippen LogP contribution in [-0.2, 0) is 26.2 Å². The van der Waals surface area contributed by atoms with Crippen LogP contribution in [0.1, 0.15) is 25.0 Å². The lowest BCUT2D eigenvalue weighted by molar-refractivity contribution is -0.117. The zero-order valence-corrected chi connectivity index (χ0v) is 20.7. The van der Waals surface area contributed by atoms with E-state index in [1.54, 1.807) is 0 Å². The van der Waals surface area contributed by atoms with Gasteiger partial charge in [-0.15, -0.1) is 0 Å². The van der Waals surface area contributed by atoms with Gasteiger partial charge in [0.2, 0.25) is 5.91 Å². The van der Waals surface area contributed by atoms with Gasteiger partial charge >= 0.3 is 0 Å². The number of benzene rings is 2. The summed E-state index contributed by atoms with van der Waals surface area (Å²) in [5.74, 6) is -0.0901. The number of rotatable bonds is 7. The molecule has 0 spiro atoms. The van der Waals surface area contributed by atoms with Crippen molar-refractivity contribution in [2.45, 2.75) is 32.5 Å². The topological polar surface area (TPSA) is 82.2 Å². The van der Waals surface area contributed by atoms with E-state index in [1.807, 2.05) is 61.2 Å². The maximum atomic E-state index is 13.1. The highest BCUT2D eigenvalue weighted by Gasteiger charge is 2.36. The number of nitrogens with zero attached hydrogens (tertiary/aromatic N) is 3. The summed E-state index contributed by atoms with van der Waals surface area (Å²) < 4.78 is 34.9. The molecule has 2 heterocycles. The molecule has 2 atom stereocenters. The molecule has 2 saturated heterocycles. The molecular weight excluding hydrogens is 452 g/mol. The normalized spacial score (nSPS) is 23.0. The molecule has 2 unspecified atom stereocenters. The minimum Gasteiger partial charge on any atom is -0.373 e. The SMILES string of the molecule is CC1CN(S(=O)(=O)N2CCN(CC(=O)Nc3ccccc3Cc3ccccc3)CC2)CC(C)O1. The Morgan fingerprint density at radius 1 is 0.912 bits per heavy atom. The molecule has 0 radical (unpaired) electrons. The fourth-order valence-electron chi connectivity index (χ4n) is 4.61. The van der Waals surface area contributed by atoms with Gasteiger partial charge in [0, 0.05) is 45.0 Å². The number of amides is 1. The summed E-state index contributed by atoms with van der Waals surface area (Å²) in [6.07, 6.45) is 0.508. The Balaban J connectivity index is 1.30. The van der Waals surface area contributed by atoms with E-state index in [9.17, 15) is 13.2 Å². The number of morpholine rings is 1. The Labute approximate surface area is 202 Å². The van der Waals surface area contributed by atoms with Gasteiger partial charge in [0.05, 0.1) is 18.8 Å². The highest BCUT2D eigenvalue weighted by molar-refractivity contribution is 7.86. The number of carbonyl (C=O) groups is 1. The Bertz CT molecular complexity index is 1060. The first-order valence-corrected chi connectivity index (χ1v) is 13.3. The van der Waals surface area contributed by atoms with Crippen molar-refractivity contribution in [3.63, 3.8) is 0 Å². The summed E-state index contributed by atoms with van der Waals surface area (Å²) in [6, 6.07) is 18.0. The summed E-state index contributed by atoms with van der Waals surface area (Å²) >= 11 is 0. The van der Waals surface area contributed by atoms with Crippen LogP contribution in [0.25, 0.3) is 0 Å². The van der Waals surface area contributed by atoms with Gasteiger partial charge in [0.15, 0.2) is 0 Å². The number of anilines is 1. The maximum absolute atomic E-state index is 13.1. The first-order valence-electron chi connectivity index (χ1n) is 11.9. The smallest absolute Gasteiger partial charge is 0.282 e. The van der Waals surface area contributed by atoms with Crippen molar-refractivity contribution >= 4 is 21.8 Å². The second-order valence-corrected chi connectivity index (χ2v) is 11.1. The van der Waals surface area contributed by atoms with Crippen LogP contribution in [-0.4, -0.2) is 85.9 Å². The molecule has 9 heteroatoms. The fourth-order valence-corrected chi connectivity index (χ4v) is 6.35. The summed E-state index contributed by atoms with van der Waals surface area (Å²) in [6.45, 7) is 6.57. The molecule has 2 fully saturated rings. The molecular formula is C25H34N4O4S. The van der Waals surface area contributed by atoms with Gasteiger partial charge in [0.1, 0.15) is 0 Å². The quantitative estimate of drug-likeness (QED) is 0.649. The number of para-hydroxylation sites is 1. The van der Waals surface area contributed by atoms with Crippen LogP contribution in [0.4, 0.5) is 5.69 Å². The minimum atomic E-state index is -3.53. The summed E-state index contributed by atoms with van der Waals surface area (Å²) in [5, 5.41) is 3.05. The minimum absolute atomic E-state index is 0.0901. The van der Waals surface area contributed by atoms with E-state index in [2.05, 4.69) is 17.4 Å².